The summed E-state index contributed by atoms with van der Waals surface area (Å²) in [6.07, 6.45) is 5.32. The zero-order valence-electron chi connectivity index (χ0n) is 14.4. The summed E-state index contributed by atoms with van der Waals surface area (Å²) in [7, 11) is 3.72. The van der Waals surface area contributed by atoms with E-state index < -0.39 is 0 Å². The van der Waals surface area contributed by atoms with Gasteiger partial charge in [0.1, 0.15) is 0 Å². The van der Waals surface area contributed by atoms with Crippen molar-refractivity contribution in [3.8, 4) is 0 Å². The fraction of sp³-hybridized carbons (Fsp3) is 0.389. The lowest BCUT2D eigenvalue weighted by Gasteiger charge is -2.36. The molecule has 1 amide bonds. The van der Waals surface area contributed by atoms with Crippen LogP contribution in [0.2, 0.25) is 0 Å². The Morgan fingerprint density at radius 2 is 2.04 bits per heavy atom. The average Bonchev–Trinajstić information content (AvgIpc) is 3.26. The molecule has 1 saturated heterocycles. The molecule has 1 aliphatic heterocycles. The van der Waals surface area contributed by atoms with E-state index in [0.29, 0.717) is 5.56 Å². The number of aromatic nitrogens is 3. The van der Waals surface area contributed by atoms with Gasteiger partial charge in [0.25, 0.3) is 5.91 Å². The molecule has 0 atom stereocenters. The monoisotopic (exact) mass is 355 g/mol. The molecule has 0 saturated carbocycles. The van der Waals surface area contributed by atoms with Gasteiger partial charge in [0.15, 0.2) is 5.13 Å². The number of nitrogens with zero attached hydrogens (tertiary/aromatic N) is 5. The minimum Gasteiger partial charge on any atom is -0.348 e. The molecule has 130 valence electrons. The molecule has 0 unspecified atom stereocenters. The summed E-state index contributed by atoms with van der Waals surface area (Å²) in [6, 6.07) is 8.51. The van der Waals surface area contributed by atoms with E-state index >= 15 is 0 Å². The largest absolute Gasteiger partial charge is 0.348 e. The molecular formula is C18H21N5OS. The highest BCUT2D eigenvalue weighted by Gasteiger charge is 2.27. The van der Waals surface area contributed by atoms with Crippen molar-refractivity contribution in [2.45, 2.75) is 18.9 Å². The number of hydrogen-bond donors (Lipinski definition) is 0. The van der Waals surface area contributed by atoms with Crippen molar-refractivity contribution >= 4 is 32.6 Å². The van der Waals surface area contributed by atoms with Gasteiger partial charge in [0, 0.05) is 39.4 Å². The Bertz CT molecular complexity index is 861. The summed E-state index contributed by atoms with van der Waals surface area (Å²) in [5.41, 5.74) is 1.71. The maximum absolute atomic E-state index is 12.6. The van der Waals surface area contributed by atoms with Crippen LogP contribution < -0.4 is 4.90 Å². The molecule has 2 aromatic heterocycles. The van der Waals surface area contributed by atoms with E-state index in [9.17, 15) is 4.79 Å². The van der Waals surface area contributed by atoms with Crippen molar-refractivity contribution in [3.05, 3.63) is 42.2 Å². The lowest BCUT2D eigenvalue weighted by atomic mass is 10.0. The molecule has 3 aromatic rings. The van der Waals surface area contributed by atoms with Gasteiger partial charge in [-0.2, -0.15) is 5.10 Å². The summed E-state index contributed by atoms with van der Waals surface area (Å²) >= 11 is 1.74. The van der Waals surface area contributed by atoms with Gasteiger partial charge in [-0.3, -0.25) is 9.48 Å². The van der Waals surface area contributed by atoms with E-state index in [-0.39, 0.29) is 11.9 Å². The molecule has 1 fully saturated rings. The second-order valence-corrected chi connectivity index (χ2v) is 7.51. The van der Waals surface area contributed by atoms with Crippen molar-refractivity contribution in [2.75, 3.05) is 25.0 Å². The smallest absolute Gasteiger partial charge is 0.257 e. The number of carbonyl (C=O) groups is 1. The zero-order valence-corrected chi connectivity index (χ0v) is 15.2. The number of anilines is 1. The molecule has 4 rings (SSSR count). The zero-order chi connectivity index (χ0) is 17.4. The minimum absolute atomic E-state index is 0.0477. The third-order valence-electron chi connectivity index (χ3n) is 4.84. The van der Waals surface area contributed by atoms with Crippen LogP contribution >= 0.6 is 11.3 Å². The number of hydrogen-bond acceptors (Lipinski definition) is 5. The second kappa shape index (κ2) is 6.48. The number of para-hydroxylation sites is 1. The Balaban J connectivity index is 1.41. The molecule has 0 bridgehead atoms. The fourth-order valence-corrected chi connectivity index (χ4v) is 4.36. The van der Waals surface area contributed by atoms with Crippen molar-refractivity contribution in [2.24, 2.45) is 7.05 Å². The minimum atomic E-state index is 0.0477. The third kappa shape index (κ3) is 3.11. The van der Waals surface area contributed by atoms with Gasteiger partial charge in [-0.15, -0.1) is 0 Å². The topological polar surface area (TPSA) is 54.3 Å². The van der Waals surface area contributed by atoms with Crippen LogP contribution in [0.15, 0.2) is 36.7 Å². The highest BCUT2D eigenvalue weighted by Crippen LogP contribution is 2.31. The maximum atomic E-state index is 12.6. The van der Waals surface area contributed by atoms with Gasteiger partial charge >= 0.3 is 0 Å². The first kappa shape index (κ1) is 16.1. The van der Waals surface area contributed by atoms with Gasteiger partial charge in [0.2, 0.25) is 0 Å². The van der Waals surface area contributed by atoms with Gasteiger partial charge in [-0.1, -0.05) is 23.5 Å². The lowest BCUT2D eigenvalue weighted by molar-refractivity contribution is 0.0709. The van der Waals surface area contributed by atoms with Gasteiger partial charge in [-0.05, 0) is 25.0 Å². The summed E-state index contributed by atoms with van der Waals surface area (Å²) < 4.78 is 2.89. The predicted molar refractivity (Wildman–Crippen MR) is 100 cm³/mol. The summed E-state index contributed by atoms with van der Waals surface area (Å²) in [4.78, 5) is 21.5. The number of amides is 1. The predicted octanol–water partition coefficient (Wildman–Crippen LogP) is 2.77. The summed E-state index contributed by atoms with van der Waals surface area (Å²) in [6.45, 7) is 1.85. The van der Waals surface area contributed by atoms with Crippen LogP contribution in [0.4, 0.5) is 5.13 Å². The number of fused-ring (bicyclic) bond motifs is 1. The number of rotatable bonds is 3. The van der Waals surface area contributed by atoms with Crippen LogP contribution in [0.25, 0.3) is 10.2 Å². The van der Waals surface area contributed by atoms with Crippen molar-refractivity contribution in [3.63, 3.8) is 0 Å². The highest BCUT2D eigenvalue weighted by atomic mass is 32.1. The first-order valence-corrected chi connectivity index (χ1v) is 9.30. The third-order valence-corrected chi connectivity index (χ3v) is 5.93. The summed E-state index contributed by atoms with van der Waals surface area (Å²) in [5.74, 6) is 0.0477. The van der Waals surface area contributed by atoms with E-state index in [4.69, 9.17) is 4.98 Å². The molecule has 3 heterocycles. The van der Waals surface area contributed by atoms with E-state index in [2.05, 4.69) is 28.2 Å². The van der Waals surface area contributed by atoms with Crippen molar-refractivity contribution in [1.82, 2.24) is 19.7 Å². The molecule has 0 aliphatic carbocycles. The molecular weight excluding hydrogens is 334 g/mol. The van der Waals surface area contributed by atoms with Crippen LogP contribution in [0.1, 0.15) is 23.2 Å². The number of benzene rings is 1. The van der Waals surface area contributed by atoms with Crippen molar-refractivity contribution < 1.29 is 4.79 Å². The first-order chi connectivity index (χ1) is 12.1. The number of carbonyl (C=O) groups excluding carboxylic acids is 1. The van der Waals surface area contributed by atoms with E-state index in [0.717, 1.165) is 36.6 Å². The maximum Gasteiger partial charge on any atom is 0.257 e. The number of aryl methyl sites for hydroxylation is 1. The fourth-order valence-electron chi connectivity index (χ4n) is 3.34. The van der Waals surface area contributed by atoms with Crippen LogP contribution in [0.5, 0.6) is 0 Å². The molecule has 0 radical (unpaired) electrons. The highest BCUT2D eigenvalue weighted by molar-refractivity contribution is 7.22. The molecule has 0 N–H and O–H groups in total. The number of thiazole rings is 1. The average molecular weight is 355 g/mol. The first-order valence-electron chi connectivity index (χ1n) is 8.48. The van der Waals surface area contributed by atoms with E-state index in [1.54, 1.807) is 28.4 Å². The van der Waals surface area contributed by atoms with Crippen molar-refractivity contribution in [1.29, 1.82) is 0 Å². The van der Waals surface area contributed by atoms with Gasteiger partial charge in [-0.25, -0.2) is 4.98 Å². The Labute approximate surface area is 150 Å². The Morgan fingerprint density at radius 3 is 2.72 bits per heavy atom. The summed E-state index contributed by atoms with van der Waals surface area (Å²) in [5, 5.41) is 5.18. The molecule has 1 aromatic carbocycles. The molecule has 7 heteroatoms. The lowest BCUT2D eigenvalue weighted by Crippen LogP contribution is -2.45. The van der Waals surface area contributed by atoms with E-state index in [1.807, 2.05) is 25.1 Å². The van der Waals surface area contributed by atoms with Crippen LogP contribution in [-0.2, 0) is 7.05 Å². The SMILES string of the molecule is CN(C(=O)c1cnn(C)c1)C1CCN(c2nc3ccccc3s2)CC1. The van der Waals surface area contributed by atoms with E-state index in [1.165, 1.54) is 4.70 Å². The second-order valence-electron chi connectivity index (χ2n) is 6.50. The van der Waals surface area contributed by atoms with Crippen LogP contribution in [0, 0.1) is 0 Å². The van der Waals surface area contributed by atoms with Crippen LogP contribution in [-0.4, -0.2) is 51.8 Å². The quantitative estimate of drug-likeness (QED) is 0.725. The normalized spacial score (nSPS) is 15.7. The number of piperidine rings is 1. The Hall–Kier alpha value is -2.41. The molecule has 6 nitrogen and oxygen atoms in total. The Morgan fingerprint density at radius 1 is 1.28 bits per heavy atom. The van der Waals surface area contributed by atoms with Gasteiger partial charge < -0.3 is 9.80 Å². The Kier molecular flexibility index (Phi) is 4.17. The van der Waals surface area contributed by atoms with Gasteiger partial charge in [0.05, 0.1) is 22.0 Å². The molecule has 1 aliphatic rings. The molecule has 25 heavy (non-hydrogen) atoms. The molecule has 0 spiro atoms. The van der Waals surface area contributed by atoms with Crippen LogP contribution in [0.3, 0.4) is 0 Å². The standard InChI is InChI=1S/C18H21N5OS/c1-21-12-13(11-19-21)17(24)22(2)14-7-9-23(10-8-14)18-20-15-5-3-4-6-16(15)25-18/h3-6,11-12,14H,7-10H2,1-2H3.